The van der Waals surface area contributed by atoms with E-state index in [1.807, 2.05) is 36.4 Å². The summed E-state index contributed by atoms with van der Waals surface area (Å²) >= 11 is 2.62. The maximum atomic E-state index is 12.5. The van der Waals surface area contributed by atoms with Crippen LogP contribution in [-0.2, 0) is 26.5 Å². The van der Waals surface area contributed by atoms with Gasteiger partial charge < -0.3 is 14.1 Å². The van der Waals surface area contributed by atoms with E-state index in [0.717, 1.165) is 17.1 Å². The fourth-order valence-electron chi connectivity index (χ4n) is 3.10. The molecule has 34 heavy (non-hydrogen) atoms. The van der Waals surface area contributed by atoms with Crippen LogP contribution < -0.4 is 5.32 Å². The van der Waals surface area contributed by atoms with Crippen molar-refractivity contribution < 1.29 is 18.7 Å². The zero-order chi connectivity index (χ0) is 23.8. The predicted octanol–water partition coefficient (Wildman–Crippen LogP) is 3.37. The number of benzene rings is 1. The number of nitriles is 1. The average Bonchev–Trinajstić information content (AvgIpc) is 3.51. The zero-order valence-electron chi connectivity index (χ0n) is 18.1. The number of amides is 2. The van der Waals surface area contributed by atoms with Gasteiger partial charge in [0.2, 0.25) is 11.0 Å². The third kappa shape index (κ3) is 6.54. The van der Waals surface area contributed by atoms with E-state index in [1.54, 1.807) is 17.0 Å². The van der Waals surface area contributed by atoms with E-state index >= 15 is 0 Å². The highest BCUT2D eigenvalue weighted by Crippen LogP contribution is 2.26. The van der Waals surface area contributed by atoms with Gasteiger partial charge in [-0.2, -0.15) is 5.26 Å². The zero-order valence-corrected chi connectivity index (χ0v) is 19.7. The number of hydrogen-bond donors (Lipinski definition) is 1. The van der Waals surface area contributed by atoms with E-state index in [0.29, 0.717) is 42.2 Å². The first-order chi connectivity index (χ1) is 16.6. The van der Waals surface area contributed by atoms with Gasteiger partial charge in [0.05, 0.1) is 19.6 Å². The Hall–Kier alpha value is -3.46. The Morgan fingerprint density at radius 1 is 1.18 bits per heavy atom. The molecule has 0 spiro atoms. The molecule has 3 aromatic rings. The van der Waals surface area contributed by atoms with Gasteiger partial charge in [-0.15, -0.1) is 10.2 Å². The smallest absolute Gasteiger partial charge is 0.268 e. The quantitative estimate of drug-likeness (QED) is 0.287. The van der Waals surface area contributed by atoms with E-state index in [2.05, 4.69) is 15.5 Å². The van der Waals surface area contributed by atoms with Gasteiger partial charge in [0.15, 0.2) is 5.09 Å². The summed E-state index contributed by atoms with van der Waals surface area (Å²) in [4.78, 5) is 26.6. The van der Waals surface area contributed by atoms with Crippen LogP contribution in [0, 0.1) is 11.3 Å². The van der Waals surface area contributed by atoms with Gasteiger partial charge in [0.1, 0.15) is 22.4 Å². The van der Waals surface area contributed by atoms with E-state index in [1.165, 1.54) is 23.4 Å². The number of nitrogens with one attached hydrogen (secondary N) is 1. The predicted molar refractivity (Wildman–Crippen MR) is 128 cm³/mol. The summed E-state index contributed by atoms with van der Waals surface area (Å²) in [6.07, 6.45) is 1.48. The molecule has 0 aliphatic carbocycles. The van der Waals surface area contributed by atoms with Crippen LogP contribution in [0.5, 0.6) is 0 Å². The van der Waals surface area contributed by atoms with E-state index in [-0.39, 0.29) is 23.0 Å². The lowest BCUT2D eigenvalue weighted by Crippen LogP contribution is -2.41. The molecule has 1 fully saturated rings. The summed E-state index contributed by atoms with van der Waals surface area (Å²) in [5.41, 5.74) is 1.04. The van der Waals surface area contributed by atoms with Crippen LogP contribution in [0.25, 0.3) is 6.08 Å². The molecule has 3 heterocycles. The number of ether oxygens (including phenoxy) is 1. The summed E-state index contributed by atoms with van der Waals surface area (Å²) in [7, 11) is 0. The molecule has 0 radical (unpaired) electrons. The standard InChI is InChI=1S/C23H21N5O4S2/c24-14-17(12-18-6-7-21(32-18)33-15-16-4-2-1-3-5-16)22(30)25-23-27-26-19(34-23)13-20(29)28-8-10-31-11-9-28/h1-7,12H,8-11,13,15H2,(H,25,27,30)/b17-12-. The summed E-state index contributed by atoms with van der Waals surface area (Å²) in [5, 5.41) is 21.3. The number of carbonyl (C=O) groups excluding carboxylic acids is 2. The normalized spacial score (nSPS) is 14.0. The molecule has 2 aromatic heterocycles. The molecule has 1 saturated heterocycles. The SMILES string of the molecule is N#C/C(=C/c1ccc(SCc2ccccc2)o1)C(=O)Nc1nnc(CC(=O)N2CCOCC2)s1. The molecule has 1 aliphatic heterocycles. The van der Waals surface area contributed by atoms with Crippen molar-refractivity contribution in [2.45, 2.75) is 17.3 Å². The van der Waals surface area contributed by atoms with Gasteiger partial charge in [-0.1, -0.05) is 53.4 Å². The number of nitrogens with zero attached hydrogens (tertiary/aromatic N) is 4. The molecule has 0 unspecified atom stereocenters. The van der Waals surface area contributed by atoms with Gasteiger partial charge in [0, 0.05) is 24.9 Å². The molecule has 1 N–H and O–H groups in total. The van der Waals surface area contributed by atoms with Crippen LogP contribution in [0.1, 0.15) is 16.3 Å². The van der Waals surface area contributed by atoms with Gasteiger partial charge in [-0.3, -0.25) is 14.9 Å². The van der Waals surface area contributed by atoms with Crippen molar-refractivity contribution in [2.24, 2.45) is 0 Å². The number of carbonyl (C=O) groups is 2. The summed E-state index contributed by atoms with van der Waals surface area (Å²) in [6.45, 7) is 2.15. The van der Waals surface area contributed by atoms with Crippen LogP contribution in [0.4, 0.5) is 5.13 Å². The molecular weight excluding hydrogens is 474 g/mol. The van der Waals surface area contributed by atoms with Crippen LogP contribution in [0.15, 0.2) is 57.5 Å². The summed E-state index contributed by atoms with van der Waals surface area (Å²) < 4.78 is 11.0. The Morgan fingerprint density at radius 3 is 2.74 bits per heavy atom. The van der Waals surface area contributed by atoms with Gasteiger partial charge >= 0.3 is 0 Å². The van der Waals surface area contributed by atoms with Crippen molar-refractivity contribution in [2.75, 3.05) is 31.6 Å². The largest absolute Gasteiger partial charge is 0.450 e. The molecule has 4 rings (SSSR count). The highest BCUT2D eigenvalue weighted by atomic mass is 32.2. The maximum absolute atomic E-state index is 12.5. The third-order valence-electron chi connectivity index (χ3n) is 4.83. The minimum absolute atomic E-state index is 0.0614. The second-order valence-electron chi connectivity index (χ2n) is 7.23. The number of rotatable bonds is 8. The first-order valence-electron chi connectivity index (χ1n) is 10.5. The molecule has 1 aliphatic rings. The van der Waals surface area contributed by atoms with Crippen molar-refractivity contribution in [1.82, 2.24) is 15.1 Å². The van der Waals surface area contributed by atoms with Gasteiger partial charge in [-0.05, 0) is 17.7 Å². The van der Waals surface area contributed by atoms with E-state index < -0.39 is 5.91 Å². The summed E-state index contributed by atoms with van der Waals surface area (Å²) in [5.74, 6) is 0.459. The first-order valence-corrected chi connectivity index (χ1v) is 12.3. The Labute approximate surface area is 204 Å². The number of anilines is 1. The third-order valence-corrected chi connectivity index (χ3v) is 6.65. The highest BCUT2D eigenvalue weighted by Gasteiger charge is 2.20. The Kier molecular flexibility index (Phi) is 8.08. The molecule has 174 valence electrons. The molecule has 0 saturated carbocycles. The number of thioether (sulfide) groups is 1. The Balaban J connectivity index is 1.33. The monoisotopic (exact) mass is 495 g/mol. The van der Waals surface area contributed by atoms with E-state index in [4.69, 9.17) is 9.15 Å². The number of aromatic nitrogens is 2. The number of morpholine rings is 1. The lowest BCUT2D eigenvalue weighted by molar-refractivity contribution is -0.134. The van der Waals surface area contributed by atoms with Gasteiger partial charge in [-0.25, -0.2) is 0 Å². The average molecular weight is 496 g/mol. The van der Waals surface area contributed by atoms with Crippen LogP contribution in [0.2, 0.25) is 0 Å². The van der Waals surface area contributed by atoms with Crippen LogP contribution in [-0.4, -0.2) is 53.2 Å². The fourth-order valence-corrected chi connectivity index (χ4v) is 4.65. The first kappa shape index (κ1) is 23.7. The van der Waals surface area contributed by atoms with Crippen molar-refractivity contribution >= 4 is 46.1 Å². The molecule has 0 bridgehead atoms. The minimum Gasteiger partial charge on any atom is -0.450 e. The topological polar surface area (TPSA) is 121 Å². The fraction of sp³-hybridized carbons (Fsp3) is 0.261. The van der Waals surface area contributed by atoms with Crippen LogP contribution >= 0.6 is 23.1 Å². The molecule has 0 atom stereocenters. The van der Waals surface area contributed by atoms with Gasteiger partial charge in [0.25, 0.3) is 5.91 Å². The number of hydrogen-bond acceptors (Lipinski definition) is 9. The Morgan fingerprint density at radius 2 is 1.97 bits per heavy atom. The second kappa shape index (κ2) is 11.6. The molecule has 11 heteroatoms. The lowest BCUT2D eigenvalue weighted by Gasteiger charge is -2.26. The van der Waals surface area contributed by atoms with Crippen LogP contribution in [0.3, 0.4) is 0 Å². The van der Waals surface area contributed by atoms with Crippen molar-refractivity contribution in [3.05, 3.63) is 64.4 Å². The number of furan rings is 1. The lowest BCUT2D eigenvalue weighted by atomic mass is 10.2. The Bertz CT molecular complexity index is 1210. The highest BCUT2D eigenvalue weighted by molar-refractivity contribution is 7.98. The van der Waals surface area contributed by atoms with Crippen molar-refractivity contribution in [1.29, 1.82) is 5.26 Å². The molecule has 2 amide bonds. The summed E-state index contributed by atoms with van der Waals surface area (Å²) in [6, 6.07) is 15.4. The van der Waals surface area contributed by atoms with Crippen molar-refractivity contribution in [3.63, 3.8) is 0 Å². The molecular formula is C23H21N5O4S2. The minimum atomic E-state index is -0.625. The molecule has 1 aromatic carbocycles. The molecule has 9 nitrogen and oxygen atoms in total. The second-order valence-corrected chi connectivity index (χ2v) is 9.27. The van der Waals surface area contributed by atoms with E-state index in [9.17, 15) is 14.9 Å². The van der Waals surface area contributed by atoms with Crippen molar-refractivity contribution in [3.8, 4) is 6.07 Å². The maximum Gasteiger partial charge on any atom is 0.268 e.